The monoisotopic (exact) mass is 471 g/mol. The second-order valence-electron chi connectivity index (χ2n) is 8.63. The van der Waals surface area contributed by atoms with Gasteiger partial charge in [0.2, 0.25) is 5.88 Å². The minimum atomic E-state index is -0.111. The maximum absolute atomic E-state index is 6.56. The van der Waals surface area contributed by atoms with Crippen molar-refractivity contribution in [1.29, 1.82) is 0 Å². The van der Waals surface area contributed by atoms with E-state index in [0.29, 0.717) is 12.3 Å². The number of anilines is 1. The Kier molecular flexibility index (Phi) is 5.75. The van der Waals surface area contributed by atoms with Crippen LogP contribution in [-0.4, -0.2) is 20.5 Å². The van der Waals surface area contributed by atoms with Gasteiger partial charge in [-0.15, -0.1) is 0 Å². The predicted molar refractivity (Wildman–Crippen MR) is 142 cm³/mol. The van der Waals surface area contributed by atoms with E-state index in [0.717, 1.165) is 39.8 Å². The summed E-state index contributed by atoms with van der Waals surface area (Å²) in [6.07, 6.45) is 2.49. The lowest BCUT2D eigenvalue weighted by molar-refractivity contribution is 0.434. The van der Waals surface area contributed by atoms with Gasteiger partial charge >= 0.3 is 0 Å². The van der Waals surface area contributed by atoms with Crippen LogP contribution in [0.2, 0.25) is 0 Å². The number of benzene rings is 3. The molecule has 0 fully saturated rings. The Labute approximate surface area is 210 Å². The molecule has 0 N–H and O–H groups in total. The molecule has 3 heterocycles. The molecule has 6 rings (SSSR count). The summed E-state index contributed by atoms with van der Waals surface area (Å²) in [4.78, 5) is 4.57. The van der Waals surface area contributed by atoms with Crippen molar-refractivity contribution in [1.82, 2.24) is 14.8 Å². The summed E-state index contributed by atoms with van der Waals surface area (Å²) in [7, 11) is 0. The van der Waals surface area contributed by atoms with Gasteiger partial charge in [0.05, 0.1) is 40.1 Å². The quantitative estimate of drug-likeness (QED) is 0.276. The van der Waals surface area contributed by atoms with Crippen LogP contribution in [0.5, 0.6) is 11.6 Å². The number of pyridine rings is 1. The van der Waals surface area contributed by atoms with Crippen LogP contribution in [0.25, 0.3) is 5.69 Å². The van der Waals surface area contributed by atoms with Crippen LogP contribution in [0.4, 0.5) is 5.69 Å². The fourth-order valence-corrected chi connectivity index (χ4v) is 4.59. The van der Waals surface area contributed by atoms with Crippen LogP contribution >= 0.6 is 0 Å². The van der Waals surface area contributed by atoms with Crippen LogP contribution in [0.3, 0.4) is 0 Å². The highest BCUT2D eigenvalue weighted by molar-refractivity contribution is 6.01. The summed E-state index contributed by atoms with van der Waals surface area (Å²) >= 11 is 0. The van der Waals surface area contributed by atoms with Crippen molar-refractivity contribution in [3.8, 4) is 17.3 Å². The summed E-state index contributed by atoms with van der Waals surface area (Å²) in [6.45, 7) is 2.04. The second-order valence-corrected chi connectivity index (χ2v) is 8.63. The average molecular weight is 472 g/mol. The lowest BCUT2D eigenvalue weighted by Crippen LogP contribution is -2.19. The molecule has 3 aromatic carbocycles. The molecule has 0 saturated carbocycles. The fraction of sp³-hybridized carbons (Fsp3) is 0.100. The topological polar surface area (TPSA) is 55.5 Å². The summed E-state index contributed by atoms with van der Waals surface area (Å²) in [6, 6.07) is 36.0. The first-order valence-corrected chi connectivity index (χ1v) is 12.0. The summed E-state index contributed by atoms with van der Waals surface area (Å²) in [5.41, 5.74) is 5.65. The Morgan fingerprint density at radius 1 is 0.750 bits per heavy atom. The van der Waals surface area contributed by atoms with E-state index >= 15 is 0 Å². The van der Waals surface area contributed by atoms with Crippen molar-refractivity contribution >= 4 is 11.4 Å². The molecule has 1 aliphatic heterocycles. The van der Waals surface area contributed by atoms with E-state index in [4.69, 9.17) is 14.9 Å². The third-order valence-corrected chi connectivity index (χ3v) is 6.25. The number of hydrogen-bond acceptors (Lipinski definition) is 5. The van der Waals surface area contributed by atoms with E-state index < -0.39 is 0 Å². The summed E-state index contributed by atoms with van der Waals surface area (Å²) in [5.74, 6) is 1.44. The number of hydrazone groups is 1. The molecule has 2 aromatic heterocycles. The molecule has 36 heavy (non-hydrogen) atoms. The van der Waals surface area contributed by atoms with Gasteiger partial charge in [0.25, 0.3) is 0 Å². The Hall–Kier alpha value is -4.71. The van der Waals surface area contributed by atoms with Gasteiger partial charge in [0.1, 0.15) is 5.75 Å². The van der Waals surface area contributed by atoms with E-state index in [9.17, 15) is 0 Å². The molecule has 176 valence electrons. The molecule has 0 spiro atoms. The van der Waals surface area contributed by atoms with Crippen molar-refractivity contribution in [2.24, 2.45) is 5.10 Å². The molecule has 1 unspecified atom stereocenters. The first-order chi connectivity index (χ1) is 17.8. The Bertz CT molecular complexity index is 1480. The molecule has 0 radical (unpaired) electrons. The third kappa shape index (κ3) is 4.14. The number of ether oxygens (including phenoxy) is 1. The minimum absolute atomic E-state index is 0.111. The van der Waals surface area contributed by atoms with Gasteiger partial charge in [-0.2, -0.15) is 10.2 Å². The normalized spacial score (nSPS) is 15.1. The van der Waals surface area contributed by atoms with Crippen LogP contribution < -0.4 is 9.75 Å². The maximum atomic E-state index is 6.56. The highest BCUT2D eigenvalue weighted by atomic mass is 16.5. The average Bonchev–Trinajstić information content (AvgIpc) is 3.52. The van der Waals surface area contributed by atoms with E-state index in [1.54, 1.807) is 6.20 Å². The zero-order chi connectivity index (χ0) is 24.3. The molecule has 0 amide bonds. The number of rotatable bonds is 6. The highest BCUT2D eigenvalue weighted by Crippen LogP contribution is 2.43. The van der Waals surface area contributed by atoms with Gasteiger partial charge < -0.3 is 4.74 Å². The van der Waals surface area contributed by atoms with Crippen LogP contribution in [-0.2, 0) is 0 Å². The molecule has 0 bridgehead atoms. The number of para-hydroxylation sites is 3. The number of aromatic nitrogens is 3. The third-order valence-electron chi connectivity index (χ3n) is 6.25. The number of aryl methyl sites for hydroxylation is 1. The highest BCUT2D eigenvalue weighted by Gasteiger charge is 2.36. The van der Waals surface area contributed by atoms with Gasteiger partial charge in [-0.25, -0.2) is 4.68 Å². The lowest BCUT2D eigenvalue weighted by atomic mass is 10.00. The molecule has 1 aliphatic rings. The Morgan fingerprint density at radius 2 is 1.39 bits per heavy atom. The van der Waals surface area contributed by atoms with Gasteiger partial charge in [0.15, 0.2) is 0 Å². The summed E-state index contributed by atoms with van der Waals surface area (Å²) < 4.78 is 8.45. The Balaban J connectivity index is 1.50. The van der Waals surface area contributed by atoms with Crippen LogP contribution in [0, 0.1) is 6.92 Å². The second kappa shape index (κ2) is 9.50. The van der Waals surface area contributed by atoms with Crippen molar-refractivity contribution in [3.63, 3.8) is 0 Å². The molecular weight excluding hydrogens is 446 g/mol. The molecular formula is C30H25N5O. The molecule has 6 heteroatoms. The van der Waals surface area contributed by atoms with E-state index in [-0.39, 0.29) is 6.04 Å². The van der Waals surface area contributed by atoms with Crippen molar-refractivity contribution in [2.75, 3.05) is 5.01 Å². The standard InChI is InChI=1S/C30H25N5O/c1-22-29(30(36-25-17-9-4-10-18-25)35(32-22)24-15-7-3-8-16-24)28-21-27(26-19-11-12-20-31-26)33-34(28)23-13-5-2-6-14-23/h2-20,28H,21H2,1H3. The zero-order valence-corrected chi connectivity index (χ0v) is 19.9. The maximum Gasteiger partial charge on any atom is 0.228 e. The minimum Gasteiger partial charge on any atom is -0.439 e. The fourth-order valence-electron chi connectivity index (χ4n) is 4.59. The zero-order valence-electron chi connectivity index (χ0n) is 19.9. The summed E-state index contributed by atoms with van der Waals surface area (Å²) in [5, 5.41) is 12.1. The van der Waals surface area contributed by atoms with Gasteiger partial charge in [0, 0.05) is 12.6 Å². The lowest BCUT2D eigenvalue weighted by Gasteiger charge is -2.24. The predicted octanol–water partition coefficient (Wildman–Crippen LogP) is 6.72. The molecule has 0 saturated heterocycles. The molecule has 0 aliphatic carbocycles. The largest absolute Gasteiger partial charge is 0.439 e. The SMILES string of the molecule is Cc1nn(-c2ccccc2)c(Oc2ccccc2)c1C1CC(c2ccccn2)=NN1c1ccccc1. The molecule has 1 atom stereocenters. The van der Waals surface area contributed by atoms with E-state index in [1.807, 2.05) is 109 Å². The van der Waals surface area contributed by atoms with Gasteiger partial charge in [-0.05, 0) is 55.5 Å². The van der Waals surface area contributed by atoms with Crippen LogP contribution in [0.15, 0.2) is 120 Å². The number of nitrogens with zero attached hydrogens (tertiary/aromatic N) is 5. The van der Waals surface area contributed by atoms with Gasteiger partial charge in [-0.3, -0.25) is 9.99 Å². The molecule has 5 aromatic rings. The van der Waals surface area contributed by atoms with Crippen molar-refractivity contribution in [2.45, 2.75) is 19.4 Å². The van der Waals surface area contributed by atoms with Crippen LogP contribution in [0.1, 0.15) is 29.4 Å². The van der Waals surface area contributed by atoms with E-state index in [2.05, 4.69) is 22.1 Å². The van der Waals surface area contributed by atoms with Crippen molar-refractivity contribution in [3.05, 3.63) is 132 Å². The number of hydrogen-bond donors (Lipinski definition) is 0. The van der Waals surface area contributed by atoms with E-state index in [1.165, 1.54) is 0 Å². The van der Waals surface area contributed by atoms with Crippen molar-refractivity contribution < 1.29 is 4.74 Å². The Morgan fingerprint density at radius 3 is 2.06 bits per heavy atom. The molecule has 6 nitrogen and oxygen atoms in total. The van der Waals surface area contributed by atoms with Gasteiger partial charge in [-0.1, -0.05) is 60.7 Å². The first kappa shape index (κ1) is 21.8. The smallest absolute Gasteiger partial charge is 0.228 e. The first-order valence-electron chi connectivity index (χ1n) is 12.0.